The first kappa shape index (κ1) is 15.1. The minimum atomic E-state index is 0.495. The van der Waals surface area contributed by atoms with Crippen molar-refractivity contribution in [1.82, 2.24) is 5.32 Å². The van der Waals surface area contributed by atoms with E-state index < -0.39 is 0 Å². The molecule has 0 bridgehead atoms. The van der Waals surface area contributed by atoms with Gasteiger partial charge in [0, 0.05) is 23.1 Å². The van der Waals surface area contributed by atoms with Gasteiger partial charge in [0.05, 0.1) is 7.11 Å². The van der Waals surface area contributed by atoms with Crippen LogP contribution in [0.15, 0.2) is 53.0 Å². The van der Waals surface area contributed by atoms with E-state index in [1.54, 1.807) is 7.11 Å². The van der Waals surface area contributed by atoms with Crippen LogP contribution in [-0.2, 0) is 6.54 Å². The zero-order valence-corrected chi connectivity index (χ0v) is 13.5. The number of nitrogens with one attached hydrogen (secondary N) is 1. The molecule has 0 radical (unpaired) electrons. The van der Waals surface area contributed by atoms with Crippen LogP contribution in [-0.4, -0.2) is 13.7 Å². The second-order valence-corrected chi connectivity index (χ2v) is 5.81. The van der Waals surface area contributed by atoms with Gasteiger partial charge in [-0.1, -0.05) is 53.2 Å². The highest BCUT2D eigenvalue weighted by Crippen LogP contribution is 2.23. The number of ether oxygens (including phenoxy) is 1. The van der Waals surface area contributed by atoms with Crippen LogP contribution in [0.2, 0.25) is 0 Å². The second kappa shape index (κ2) is 7.46. The van der Waals surface area contributed by atoms with Gasteiger partial charge >= 0.3 is 0 Å². The summed E-state index contributed by atoms with van der Waals surface area (Å²) in [6.07, 6.45) is 0. The molecular weight excluding hydrogens is 314 g/mol. The highest BCUT2D eigenvalue weighted by molar-refractivity contribution is 9.10. The Bertz CT molecular complexity index is 542. The van der Waals surface area contributed by atoms with Crippen LogP contribution >= 0.6 is 15.9 Å². The van der Waals surface area contributed by atoms with Gasteiger partial charge in [0.15, 0.2) is 0 Å². The van der Waals surface area contributed by atoms with Gasteiger partial charge in [-0.3, -0.25) is 0 Å². The summed E-state index contributed by atoms with van der Waals surface area (Å²) in [6, 6.07) is 16.6. The molecule has 3 heteroatoms. The summed E-state index contributed by atoms with van der Waals surface area (Å²) in [5.41, 5.74) is 2.53. The maximum Gasteiger partial charge on any atom is 0.123 e. The quantitative estimate of drug-likeness (QED) is 0.848. The van der Waals surface area contributed by atoms with Gasteiger partial charge in [0.1, 0.15) is 5.75 Å². The number of hydrogen-bond donors (Lipinski definition) is 1. The van der Waals surface area contributed by atoms with E-state index in [2.05, 4.69) is 64.6 Å². The molecule has 2 aromatic carbocycles. The molecule has 0 aliphatic rings. The summed E-state index contributed by atoms with van der Waals surface area (Å²) in [4.78, 5) is 0. The number of rotatable bonds is 6. The molecule has 0 aliphatic heterocycles. The fraction of sp³-hybridized carbons (Fsp3) is 0.294. The monoisotopic (exact) mass is 333 g/mol. The Balaban J connectivity index is 1.91. The molecule has 1 unspecified atom stereocenters. The van der Waals surface area contributed by atoms with Crippen LogP contribution in [0.3, 0.4) is 0 Å². The fourth-order valence-corrected chi connectivity index (χ4v) is 2.62. The first-order chi connectivity index (χ1) is 9.70. The third-order valence-corrected chi connectivity index (χ3v) is 3.87. The van der Waals surface area contributed by atoms with E-state index in [0.717, 1.165) is 23.3 Å². The van der Waals surface area contributed by atoms with Gasteiger partial charge in [0.2, 0.25) is 0 Å². The molecule has 0 saturated carbocycles. The van der Waals surface area contributed by atoms with E-state index in [0.29, 0.717) is 5.92 Å². The first-order valence-corrected chi connectivity index (χ1v) is 7.58. The van der Waals surface area contributed by atoms with Crippen molar-refractivity contribution in [2.45, 2.75) is 19.4 Å². The van der Waals surface area contributed by atoms with Crippen molar-refractivity contribution in [3.63, 3.8) is 0 Å². The average molecular weight is 334 g/mol. The summed E-state index contributed by atoms with van der Waals surface area (Å²) in [5, 5.41) is 3.50. The standard InChI is InChI=1S/C17H20BrNO/c1-13(14-6-4-3-5-7-14)11-19-12-15-10-16(18)8-9-17(15)20-2/h3-10,13,19H,11-12H2,1-2H3. The first-order valence-electron chi connectivity index (χ1n) is 6.79. The Labute approximate surface area is 129 Å². The largest absolute Gasteiger partial charge is 0.496 e. The van der Waals surface area contributed by atoms with Crippen molar-refractivity contribution in [2.24, 2.45) is 0 Å². The number of halogens is 1. The summed E-state index contributed by atoms with van der Waals surface area (Å²) in [7, 11) is 1.71. The molecule has 1 N–H and O–H groups in total. The fourth-order valence-electron chi connectivity index (χ4n) is 2.21. The van der Waals surface area contributed by atoms with E-state index in [-0.39, 0.29) is 0 Å². The van der Waals surface area contributed by atoms with E-state index in [1.807, 2.05) is 12.1 Å². The van der Waals surface area contributed by atoms with Gasteiger partial charge in [-0.25, -0.2) is 0 Å². The van der Waals surface area contributed by atoms with E-state index >= 15 is 0 Å². The lowest BCUT2D eigenvalue weighted by Gasteiger charge is -2.14. The average Bonchev–Trinajstić information content (AvgIpc) is 2.48. The minimum Gasteiger partial charge on any atom is -0.496 e. The summed E-state index contributed by atoms with van der Waals surface area (Å²) >= 11 is 3.50. The molecule has 0 aliphatic carbocycles. The number of methoxy groups -OCH3 is 1. The van der Waals surface area contributed by atoms with Crippen LogP contribution in [0.5, 0.6) is 5.75 Å². The molecule has 2 aromatic rings. The van der Waals surface area contributed by atoms with Crippen molar-refractivity contribution in [3.8, 4) is 5.75 Å². The highest BCUT2D eigenvalue weighted by Gasteiger charge is 2.06. The molecule has 0 heterocycles. The Morgan fingerprint density at radius 1 is 1.15 bits per heavy atom. The number of hydrogen-bond acceptors (Lipinski definition) is 2. The molecule has 0 saturated heterocycles. The Morgan fingerprint density at radius 2 is 1.90 bits per heavy atom. The zero-order valence-electron chi connectivity index (χ0n) is 11.9. The van der Waals surface area contributed by atoms with Crippen molar-refractivity contribution < 1.29 is 4.74 Å². The van der Waals surface area contributed by atoms with Crippen LogP contribution in [0.4, 0.5) is 0 Å². The van der Waals surface area contributed by atoms with Gasteiger partial charge in [-0.05, 0) is 29.7 Å². The van der Waals surface area contributed by atoms with Crippen molar-refractivity contribution in [1.29, 1.82) is 0 Å². The van der Waals surface area contributed by atoms with Gasteiger partial charge in [-0.2, -0.15) is 0 Å². The second-order valence-electron chi connectivity index (χ2n) is 4.90. The molecule has 2 rings (SSSR count). The maximum absolute atomic E-state index is 5.38. The lowest BCUT2D eigenvalue weighted by molar-refractivity contribution is 0.407. The Hall–Kier alpha value is -1.32. The highest BCUT2D eigenvalue weighted by atomic mass is 79.9. The minimum absolute atomic E-state index is 0.495. The summed E-state index contributed by atoms with van der Waals surface area (Å²) < 4.78 is 6.46. The van der Waals surface area contributed by atoms with E-state index in [9.17, 15) is 0 Å². The number of benzene rings is 2. The predicted octanol–water partition coefficient (Wildman–Crippen LogP) is 4.35. The molecule has 1 atom stereocenters. The molecule has 0 amide bonds. The van der Waals surface area contributed by atoms with E-state index in [4.69, 9.17) is 4.74 Å². The maximum atomic E-state index is 5.38. The van der Waals surface area contributed by atoms with Crippen molar-refractivity contribution in [3.05, 3.63) is 64.1 Å². The summed E-state index contributed by atoms with van der Waals surface area (Å²) in [6.45, 7) is 3.99. The molecule has 20 heavy (non-hydrogen) atoms. The Kier molecular flexibility index (Phi) is 5.62. The third-order valence-electron chi connectivity index (χ3n) is 3.38. The van der Waals surface area contributed by atoms with Crippen molar-refractivity contribution >= 4 is 15.9 Å². The van der Waals surface area contributed by atoms with Crippen LogP contribution < -0.4 is 10.1 Å². The predicted molar refractivity (Wildman–Crippen MR) is 87.3 cm³/mol. The molecule has 0 fully saturated rings. The lowest BCUT2D eigenvalue weighted by Crippen LogP contribution is -2.20. The molecule has 2 nitrogen and oxygen atoms in total. The zero-order chi connectivity index (χ0) is 14.4. The Morgan fingerprint density at radius 3 is 2.60 bits per heavy atom. The molecule has 0 spiro atoms. The molecule has 0 aromatic heterocycles. The van der Waals surface area contributed by atoms with Crippen LogP contribution in [0, 0.1) is 0 Å². The smallest absolute Gasteiger partial charge is 0.123 e. The molecular formula is C17H20BrNO. The summed E-state index contributed by atoms with van der Waals surface area (Å²) in [5.74, 6) is 1.42. The molecule has 106 valence electrons. The van der Waals surface area contributed by atoms with Gasteiger partial charge in [0.25, 0.3) is 0 Å². The van der Waals surface area contributed by atoms with Gasteiger partial charge < -0.3 is 10.1 Å². The lowest BCUT2D eigenvalue weighted by atomic mass is 10.0. The third kappa shape index (κ3) is 4.09. The van der Waals surface area contributed by atoms with Crippen LogP contribution in [0.1, 0.15) is 24.0 Å². The van der Waals surface area contributed by atoms with Crippen molar-refractivity contribution in [2.75, 3.05) is 13.7 Å². The van der Waals surface area contributed by atoms with Crippen LogP contribution in [0.25, 0.3) is 0 Å². The normalized spacial score (nSPS) is 12.2. The SMILES string of the molecule is COc1ccc(Br)cc1CNCC(C)c1ccccc1. The van der Waals surface area contributed by atoms with Gasteiger partial charge in [-0.15, -0.1) is 0 Å². The van der Waals surface area contributed by atoms with E-state index in [1.165, 1.54) is 11.1 Å². The topological polar surface area (TPSA) is 21.3 Å².